The Bertz CT molecular complexity index is 603. The Morgan fingerprint density at radius 1 is 1.40 bits per heavy atom. The molecule has 2 N–H and O–H groups in total. The number of benzene rings is 1. The van der Waals surface area contributed by atoms with Crippen molar-refractivity contribution in [1.29, 1.82) is 0 Å². The zero-order valence-corrected chi connectivity index (χ0v) is 12.5. The van der Waals surface area contributed by atoms with Crippen LogP contribution in [0.1, 0.15) is 25.7 Å². The van der Waals surface area contributed by atoms with Crippen LogP contribution in [0.3, 0.4) is 0 Å². The zero-order valence-electron chi connectivity index (χ0n) is 11.0. The van der Waals surface area contributed by atoms with Gasteiger partial charge in [-0.05, 0) is 31.0 Å². The molecule has 20 heavy (non-hydrogen) atoms. The number of carbonyl (C=O) groups is 1. The first-order chi connectivity index (χ1) is 9.41. The van der Waals surface area contributed by atoms with Crippen LogP contribution in [0.2, 0.25) is 5.02 Å². The molecule has 1 fully saturated rings. The van der Waals surface area contributed by atoms with Crippen molar-refractivity contribution in [3.05, 3.63) is 29.3 Å². The zero-order chi connectivity index (χ0) is 14.8. The highest BCUT2D eigenvalue weighted by atomic mass is 35.5. The Balaban J connectivity index is 2.33. The molecule has 1 saturated heterocycles. The van der Waals surface area contributed by atoms with Gasteiger partial charge in [0, 0.05) is 24.0 Å². The summed E-state index contributed by atoms with van der Waals surface area (Å²) in [6.07, 6.45) is 2.40. The highest BCUT2D eigenvalue weighted by molar-refractivity contribution is 7.89. The molecular formula is C13H17ClN2O3S. The van der Waals surface area contributed by atoms with Crippen molar-refractivity contribution < 1.29 is 13.2 Å². The van der Waals surface area contributed by atoms with Crippen molar-refractivity contribution in [3.63, 3.8) is 0 Å². The van der Waals surface area contributed by atoms with Crippen molar-refractivity contribution in [2.75, 3.05) is 6.54 Å². The summed E-state index contributed by atoms with van der Waals surface area (Å²) >= 11 is 5.85. The van der Waals surface area contributed by atoms with Gasteiger partial charge in [0.15, 0.2) is 0 Å². The molecule has 0 bridgehead atoms. The lowest BCUT2D eigenvalue weighted by atomic mass is 10.0. The molecule has 0 saturated carbocycles. The first-order valence-corrected chi connectivity index (χ1v) is 8.29. The van der Waals surface area contributed by atoms with Crippen molar-refractivity contribution in [2.24, 2.45) is 5.73 Å². The van der Waals surface area contributed by atoms with E-state index in [9.17, 15) is 13.2 Å². The number of hydrogen-bond donors (Lipinski definition) is 1. The van der Waals surface area contributed by atoms with Crippen LogP contribution >= 0.6 is 11.6 Å². The second kappa shape index (κ2) is 6.11. The number of carbonyl (C=O) groups excluding carboxylic acids is 1. The van der Waals surface area contributed by atoms with E-state index in [0.29, 0.717) is 18.0 Å². The summed E-state index contributed by atoms with van der Waals surface area (Å²) < 4.78 is 26.7. The average Bonchev–Trinajstić information content (AvgIpc) is 2.38. The second-order valence-electron chi connectivity index (χ2n) is 4.89. The summed E-state index contributed by atoms with van der Waals surface area (Å²) in [7, 11) is -3.64. The number of nitrogens with two attached hydrogens (primary N) is 1. The van der Waals surface area contributed by atoms with Crippen LogP contribution in [-0.4, -0.2) is 31.2 Å². The summed E-state index contributed by atoms with van der Waals surface area (Å²) in [4.78, 5) is 11.3. The Morgan fingerprint density at radius 3 is 2.80 bits per heavy atom. The molecular weight excluding hydrogens is 300 g/mol. The van der Waals surface area contributed by atoms with Gasteiger partial charge in [-0.1, -0.05) is 24.1 Å². The molecule has 0 aromatic heterocycles. The summed E-state index contributed by atoms with van der Waals surface area (Å²) in [5, 5.41) is 0.370. The van der Waals surface area contributed by atoms with E-state index >= 15 is 0 Å². The predicted octanol–water partition coefficient (Wildman–Crippen LogP) is 1.76. The predicted molar refractivity (Wildman–Crippen MR) is 76.8 cm³/mol. The van der Waals surface area contributed by atoms with Gasteiger partial charge < -0.3 is 5.73 Å². The SMILES string of the molecule is NC(=O)CC1CCCCN1S(=O)(=O)c1cccc(Cl)c1. The van der Waals surface area contributed by atoms with Gasteiger partial charge in [0.2, 0.25) is 15.9 Å². The van der Waals surface area contributed by atoms with Crippen LogP contribution in [-0.2, 0) is 14.8 Å². The highest BCUT2D eigenvalue weighted by Crippen LogP contribution is 2.28. The third-order valence-electron chi connectivity index (χ3n) is 3.41. The molecule has 110 valence electrons. The largest absolute Gasteiger partial charge is 0.370 e. The molecule has 1 aliphatic heterocycles. The average molecular weight is 317 g/mol. The number of sulfonamides is 1. The minimum atomic E-state index is -3.64. The molecule has 1 heterocycles. The smallest absolute Gasteiger partial charge is 0.243 e. The van der Waals surface area contributed by atoms with Crippen LogP contribution < -0.4 is 5.73 Å². The normalized spacial score (nSPS) is 20.8. The topological polar surface area (TPSA) is 80.5 Å². The second-order valence-corrected chi connectivity index (χ2v) is 7.22. The fourth-order valence-corrected chi connectivity index (χ4v) is 4.48. The lowest BCUT2D eigenvalue weighted by Gasteiger charge is -2.34. The number of amides is 1. The number of halogens is 1. The number of hydrogen-bond acceptors (Lipinski definition) is 3. The van der Waals surface area contributed by atoms with Gasteiger partial charge in [-0.3, -0.25) is 4.79 Å². The maximum Gasteiger partial charge on any atom is 0.243 e. The Labute approximate surface area is 123 Å². The number of piperidine rings is 1. The Kier molecular flexibility index (Phi) is 4.67. The summed E-state index contributed by atoms with van der Waals surface area (Å²) in [6.45, 7) is 0.410. The number of primary amides is 1. The molecule has 1 aliphatic rings. The molecule has 1 aromatic carbocycles. The molecule has 0 spiro atoms. The lowest BCUT2D eigenvalue weighted by molar-refractivity contribution is -0.119. The lowest BCUT2D eigenvalue weighted by Crippen LogP contribution is -2.45. The van der Waals surface area contributed by atoms with E-state index in [4.69, 9.17) is 17.3 Å². The van der Waals surface area contributed by atoms with Gasteiger partial charge >= 0.3 is 0 Å². The van der Waals surface area contributed by atoms with E-state index in [-0.39, 0.29) is 17.4 Å². The van der Waals surface area contributed by atoms with Crippen LogP contribution in [0.4, 0.5) is 0 Å². The van der Waals surface area contributed by atoms with E-state index in [1.807, 2.05) is 0 Å². The molecule has 5 nitrogen and oxygen atoms in total. The number of nitrogens with zero attached hydrogens (tertiary/aromatic N) is 1. The van der Waals surface area contributed by atoms with Crippen molar-refractivity contribution in [2.45, 2.75) is 36.6 Å². The quantitative estimate of drug-likeness (QED) is 0.919. The van der Waals surface area contributed by atoms with Crippen LogP contribution in [0.25, 0.3) is 0 Å². The first-order valence-electron chi connectivity index (χ1n) is 6.47. The van der Waals surface area contributed by atoms with Crippen molar-refractivity contribution in [1.82, 2.24) is 4.31 Å². The fourth-order valence-electron chi connectivity index (χ4n) is 2.49. The maximum atomic E-state index is 12.6. The van der Waals surface area contributed by atoms with E-state index in [2.05, 4.69) is 0 Å². The van der Waals surface area contributed by atoms with Gasteiger partial charge in [0.05, 0.1) is 4.90 Å². The molecule has 0 aliphatic carbocycles. The molecule has 2 rings (SSSR count). The van der Waals surface area contributed by atoms with Crippen molar-refractivity contribution in [3.8, 4) is 0 Å². The third kappa shape index (κ3) is 3.31. The molecule has 0 radical (unpaired) electrons. The highest BCUT2D eigenvalue weighted by Gasteiger charge is 2.34. The van der Waals surface area contributed by atoms with Gasteiger partial charge in [-0.15, -0.1) is 0 Å². The van der Waals surface area contributed by atoms with Gasteiger partial charge in [0.1, 0.15) is 0 Å². The first kappa shape index (κ1) is 15.3. The fraction of sp³-hybridized carbons (Fsp3) is 0.462. The monoisotopic (exact) mass is 316 g/mol. The van der Waals surface area contributed by atoms with Crippen LogP contribution in [0.15, 0.2) is 29.2 Å². The minimum Gasteiger partial charge on any atom is -0.370 e. The van der Waals surface area contributed by atoms with E-state index in [0.717, 1.165) is 12.8 Å². The summed E-state index contributed by atoms with van der Waals surface area (Å²) in [5.74, 6) is -0.483. The van der Waals surface area contributed by atoms with Crippen LogP contribution in [0, 0.1) is 0 Å². The molecule has 7 heteroatoms. The van der Waals surface area contributed by atoms with E-state index in [1.54, 1.807) is 12.1 Å². The molecule has 1 unspecified atom stereocenters. The molecule has 1 atom stereocenters. The number of rotatable bonds is 4. The maximum absolute atomic E-state index is 12.6. The van der Waals surface area contributed by atoms with E-state index in [1.165, 1.54) is 16.4 Å². The third-order valence-corrected chi connectivity index (χ3v) is 5.60. The van der Waals surface area contributed by atoms with Gasteiger partial charge in [-0.2, -0.15) is 4.31 Å². The standard InChI is InChI=1S/C13H17ClN2O3S/c14-10-4-3-6-12(8-10)20(18,19)16-7-2-1-5-11(16)9-13(15)17/h3-4,6,8,11H,1-2,5,7,9H2,(H2,15,17). The van der Waals surface area contributed by atoms with Crippen LogP contribution in [0.5, 0.6) is 0 Å². The van der Waals surface area contributed by atoms with Gasteiger partial charge in [0.25, 0.3) is 0 Å². The summed E-state index contributed by atoms with van der Waals surface area (Å²) in [5.41, 5.74) is 5.21. The van der Waals surface area contributed by atoms with E-state index < -0.39 is 15.9 Å². The Hall–Kier alpha value is -1.11. The molecule has 1 aromatic rings. The summed E-state index contributed by atoms with van der Waals surface area (Å²) in [6, 6.07) is 5.80. The Morgan fingerprint density at radius 2 is 2.15 bits per heavy atom. The molecule has 1 amide bonds. The van der Waals surface area contributed by atoms with Crippen molar-refractivity contribution >= 4 is 27.5 Å². The van der Waals surface area contributed by atoms with Gasteiger partial charge in [-0.25, -0.2) is 8.42 Å². The minimum absolute atomic E-state index is 0.0554.